The minimum Gasteiger partial charge on any atom is -0.481 e. The topological polar surface area (TPSA) is 76.1 Å². The van der Waals surface area contributed by atoms with E-state index in [0.717, 1.165) is 0 Å². The summed E-state index contributed by atoms with van der Waals surface area (Å²) in [5.41, 5.74) is -0.920. The van der Waals surface area contributed by atoms with Gasteiger partial charge in [0.1, 0.15) is 5.60 Å². The molecular weight excluding hydrogens is 202 g/mol. The number of carboxylic acids is 1. The van der Waals surface area contributed by atoms with Crippen LogP contribution in [0, 0.1) is 0 Å². The summed E-state index contributed by atoms with van der Waals surface area (Å²) in [5, 5.41) is 8.65. The van der Waals surface area contributed by atoms with E-state index in [1.54, 1.807) is 6.92 Å². The molecule has 1 N–H and O–H groups in total. The van der Waals surface area contributed by atoms with Gasteiger partial charge >= 0.3 is 12.1 Å². The molecule has 86 valence electrons. The van der Waals surface area contributed by atoms with Crippen LogP contribution in [0.4, 0.5) is 4.79 Å². The Labute approximate surface area is 87.8 Å². The molecule has 1 saturated heterocycles. The van der Waals surface area contributed by atoms with E-state index in [4.69, 9.17) is 14.6 Å². The minimum absolute atomic E-state index is 0.178. The normalized spacial score (nSPS) is 25.5. The van der Waals surface area contributed by atoms with E-state index in [1.165, 1.54) is 12.0 Å². The van der Waals surface area contributed by atoms with E-state index < -0.39 is 17.7 Å². The molecule has 1 heterocycles. The Balaban J connectivity index is 2.53. The van der Waals surface area contributed by atoms with Crippen molar-refractivity contribution in [3.05, 3.63) is 0 Å². The number of ether oxygens (including phenoxy) is 2. The largest absolute Gasteiger partial charge is 0.481 e. The van der Waals surface area contributed by atoms with Gasteiger partial charge in [-0.1, -0.05) is 0 Å². The maximum Gasteiger partial charge on any atom is 0.410 e. The Morgan fingerprint density at radius 3 is 2.93 bits per heavy atom. The molecule has 1 aliphatic heterocycles. The molecule has 1 unspecified atom stereocenters. The summed E-state index contributed by atoms with van der Waals surface area (Å²) in [4.78, 5) is 23.3. The zero-order valence-corrected chi connectivity index (χ0v) is 8.86. The number of carbonyl (C=O) groups is 2. The molecule has 6 nitrogen and oxygen atoms in total. The molecule has 0 spiro atoms. The molecule has 0 aromatic carbocycles. The molecule has 1 atom stereocenters. The van der Waals surface area contributed by atoms with E-state index in [9.17, 15) is 9.59 Å². The Hall–Kier alpha value is -1.30. The number of hydrogen-bond acceptors (Lipinski definition) is 4. The first-order chi connectivity index (χ1) is 6.97. The molecule has 0 aromatic rings. The fraction of sp³-hybridized carbons (Fsp3) is 0.778. The van der Waals surface area contributed by atoms with Gasteiger partial charge in [-0.25, -0.2) is 4.79 Å². The lowest BCUT2D eigenvalue weighted by atomic mass is 10.0. The lowest BCUT2D eigenvalue weighted by Crippen LogP contribution is -2.34. The van der Waals surface area contributed by atoms with Gasteiger partial charge in [-0.05, 0) is 6.92 Å². The predicted octanol–water partition coefficient (Wildman–Crippen LogP) is 0.318. The van der Waals surface area contributed by atoms with E-state index in [0.29, 0.717) is 19.7 Å². The molecule has 1 fully saturated rings. The maximum absolute atomic E-state index is 11.3. The lowest BCUT2D eigenvalue weighted by Gasteiger charge is -2.18. The number of rotatable bonds is 5. The average molecular weight is 217 g/mol. The van der Waals surface area contributed by atoms with E-state index >= 15 is 0 Å². The van der Waals surface area contributed by atoms with Crippen LogP contribution in [0.25, 0.3) is 0 Å². The second-order valence-corrected chi connectivity index (χ2v) is 3.80. The number of amides is 1. The third-order valence-corrected chi connectivity index (χ3v) is 2.21. The van der Waals surface area contributed by atoms with Gasteiger partial charge in [0.2, 0.25) is 0 Å². The van der Waals surface area contributed by atoms with Crippen LogP contribution in [0.1, 0.15) is 13.3 Å². The number of methoxy groups -OCH3 is 1. The van der Waals surface area contributed by atoms with Crippen LogP contribution in [0.15, 0.2) is 0 Å². The van der Waals surface area contributed by atoms with E-state index in [-0.39, 0.29) is 6.42 Å². The van der Waals surface area contributed by atoms with Crippen molar-refractivity contribution in [2.75, 3.05) is 26.8 Å². The number of carbonyl (C=O) groups excluding carboxylic acids is 1. The summed E-state index contributed by atoms with van der Waals surface area (Å²) in [6.45, 7) is 2.75. The van der Waals surface area contributed by atoms with Gasteiger partial charge in [0.05, 0.1) is 19.6 Å². The fourth-order valence-electron chi connectivity index (χ4n) is 1.56. The predicted molar refractivity (Wildman–Crippen MR) is 50.6 cm³/mol. The number of carboxylic acid groups (broad SMARTS) is 1. The zero-order valence-electron chi connectivity index (χ0n) is 8.86. The molecule has 6 heteroatoms. The van der Waals surface area contributed by atoms with Gasteiger partial charge in [0.15, 0.2) is 0 Å². The van der Waals surface area contributed by atoms with Crippen molar-refractivity contribution in [2.24, 2.45) is 0 Å². The lowest BCUT2D eigenvalue weighted by molar-refractivity contribution is -0.140. The summed E-state index contributed by atoms with van der Waals surface area (Å²) in [6.07, 6.45) is -0.654. The minimum atomic E-state index is -0.973. The molecule has 1 amide bonds. The first kappa shape index (κ1) is 11.8. The van der Waals surface area contributed by atoms with E-state index in [1.807, 2.05) is 0 Å². The number of nitrogens with zero attached hydrogens (tertiary/aromatic N) is 1. The van der Waals surface area contributed by atoms with Gasteiger partial charge in [-0.3, -0.25) is 4.79 Å². The summed E-state index contributed by atoms with van der Waals surface area (Å²) in [7, 11) is 1.54. The van der Waals surface area contributed by atoms with E-state index in [2.05, 4.69) is 0 Å². The Morgan fingerprint density at radius 2 is 2.40 bits per heavy atom. The molecule has 0 radical (unpaired) electrons. The Bertz CT molecular complexity index is 267. The number of hydrogen-bond donors (Lipinski definition) is 1. The van der Waals surface area contributed by atoms with Crippen molar-refractivity contribution in [3.8, 4) is 0 Å². The van der Waals surface area contributed by atoms with Crippen LogP contribution in [-0.4, -0.2) is 54.5 Å². The summed E-state index contributed by atoms with van der Waals surface area (Å²) >= 11 is 0. The monoisotopic (exact) mass is 217 g/mol. The van der Waals surface area contributed by atoms with Gasteiger partial charge in [0, 0.05) is 13.7 Å². The second-order valence-electron chi connectivity index (χ2n) is 3.80. The van der Waals surface area contributed by atoms with Gasteiger partial charge in [-0.2, -0.15) is 0 Å². The first-order valence-corrected chi connectivity index (χ1v) is 4.65. The Kier molecular flexibility index (Phi) is 3.52. The number of aliphatic carboxylic acids is 1. The van der Waals surface area contributed by atoms with Crippen LogP contribution < -0.4 is 0 Å². The molecule has 0 bridgehead atoms. The van der Waals surface area contributed by atoms with Crippen molar-refractivity contribution in [3.63, 3.8) is 0 Å². The van der Waals surface area contributed by atoms with Gasteiger partial charge in [-0.15, -0.1) is 0 Å². The van der Waals surface area contributed by atoms with Crippen molar-refractivity contribution in [2.45, 2.75) is 18.9 Å². The highest BCUT2D eigenvalue weighted by Gasteiger charge is 2.42. The fourth-order valence-corrected chi connectivity index (χ4v) is 1.56. The summed E-state index contributed by atoms with van der Waals surface area (Å²) in [6, 6.07) is 0. The number of cyclic esters (lactones) is 1. The third kappa shape index (κ3) is 3.09. The Morgan fingerprint density at radius 1 is 1.73 bits per heavy atom. The quantitative estimate of drug-likeness (QED) is 0.717. The molecule has 0 saturated carbocycles. The highest BCUT2D eigenvalue weighted by atomic mass is 16.6. The van der Waals surface area contributed by atoms with Crippen molar-refractivity contribution in [1.82, 2.24) is 4.90 Å². The molecule has 1 rings (SSSR count). The standard InChI is InChI=1S/C9H15NO5/c1-9(5-7(11)12)6-10(3-4-14-2)8(13)15-9/h3-6H2,1-2H3,(H,11,12). The molecule has 1 aliphatic rings. The average Bonchev–Trinajstić information content (AvgIpc) is 2.36. The van der Waals surface area contributed by atoms with Gasteiger partial charge < -0.3 is 19.5 Å². The molecular formula is C9H15NO5. The zero-order chi connectivity index (χ0) is 11.5. The van der Waals surface area contributed by atoms with Crippen LogP contribution in [0.3, 0.4) is 0 Å². The summed E-state index contributed by atoms with van der Waals surface area (Å²) in [5.74, 6) is -0.973. The summed E-state index contributed by atoms with van der Waals surface area (Å²) < 4.78 is 9.86. The van der Waals surface area contributed by atoms with Crippen molar-refractivity contribution >= 4 is 12.1 Å². The van der Waals surface area contributed by atoms with Crippen molar-refractivity contribution < 1.29 is 24.2 Å². The SMILES string of the molecule is COCCN1CC(C)(CC(=O)O)OC1=O. The van der Waals surface area contributed by atoms with Gasteiger partial charge in [0.25, 0.3) is 0 Å². The highest BCUT2D eigenvalue weighted by molar-refractivity contribution is 5.74. The smallest absolute Gasteiger partial charge is 0.410 e. The first-order valence-electron chi connectivity index (χ1n) is 4.65. The molecule has 0 aliphatic carbocycles. The third-order valence-electron chi connectivity index (χ3n) is 2.21. The van der Waals surface area contributed by atoms with Crippen molar-refractivity contribution in [1.29, 1.82) is 0 Å². The van der Waals surface area contributed by atoms with Crippen LogP contribution in [0.5, 0.6) is 0 Å². The molecule has 15 heavy (non-hydrogen) atoms. The second kappa shape index (κ2) is 4.48. The maximum atomic E-state index is 11.3. The van der Waals surface area contributed by atoms with Crippen LogP contribution in [-0.2, 0) is 14.3 Å². The van der Waals surface area contributed by atoms with Crippen LogP contribution in [0.2, 0.25) is 0 Å². The highest BCUT2D eigenvalue weighted by Crippen LogP contribution is 2.25. The van der Waals surface area contributed by atoms with Crippen LogP contribution >= 0.6 is 0 Å². The molecule has 0 aromatic heterocycles.